The molecule has 6 nitrogen and oxygen atoms in total. The molecule has 0 radical (unpaired) electrons. The van der Waals surface area contributed by atoms with E-state index in [1.165, 1.54) is 14.2 Å². The second kappa shape index (κ2) is 6.90. The van der Waals surface area contributed by atoms with Crippen LogP contribution in [0, 0.1) is 0 Å². The Labute approximate surface area is 179 Å². The minimum Gasteiger partial charge on any atom is -0.493 e. The third kappa shape index (κ3) is 2.58. The van der Waals surface area contributed by atoms with Crippen LogP contribution in [-0.4, -0.2) is 45.5 Å². The molecule has 0 spiro atoms. The molecule has 3 atom stereocenters. The molecule has 3 heterocycles. The number of Topliss-reactive ketones (excluding diaryl/α,β-unsaturated/α-hetero) is 1. The maximum atomic E-state index is 14.8. The van der Waals surface area contributed by atoms with E-state index in [4.69, 9.17) is 23.7 Å². The third-order valence-electron chi connectivity index (χ3n) is 6.45. The maximum absolute atomic E-state index is 14.8. The highest BCUT2D eigenvalue weighted by molar-refractivity contribution is 6.09. The van der Waals surface area contributed by atoms with Gasteiger partial charge in [-0.1, -0.05) is 6.58 Å². The molecule has 2 aromatic carbocycles. The van der Waals surface area contributed by atoms with E-state index in [-0.39, 0.29) is 18.5 Å². The first-order valence-corrected chi connectivity index (χ1v) is 10.1. The molecule has 2 unspecified atom stereocenters. The zero-order valence-corrected chi connectivity index (χ0v) is 17.6. The monoisotopic (exact) mass is 426 g/mol. The van der Waals surface area contributed by atoms with Crippen molar-refractivity contribution in [1.29, 1.82) is 0 Å². The van der Waals surface area contributed by atoms with Gasteiger partial charge in [-0.25, -0.2) is 4.39 Å². The summed E-state index contributed by atoms with van der Waals surface area (Å²) in [5.74, 6) is 2.00. The van der Waals surface area contributed by atoms with E-state index in [0.29, 0.717) is 46.3 Å². The Morgan fingerprint density at radius 1 is 1.19 bits per heavy atom. The first-order valence-electron chi connectivity index (χ1n) is 10.1. The molecule has 0 aliphatic carbocycles. The summed E-state index contributed by atoms with van der Waals surface area (Å²) in [6.45, 7) is 4.97. The number of hydrogen-bond donors (Lipinski definition) is 0. The number of alkyl halides is 1. The third-order valence-corrected chi connectivity index (χ3v) is 6.45. The fourth-order valence-corrected chi connectivity index (χ4v) is 4.70. The van der Waals surface area contributed by atoms with Crippen molar-refractivity contribution in [2.24, 2.45) is 0 Å². The van der Waals surface area contributed by atoms with Crippen LogP contribution in [0.15, 0.2) is 36.4 Å². The predicted octanol–water partition coefficient (Wildman–Crippen LogP) is 3.83. The van der Waals surface area contributed by atoms with Crippen molar-refractivity contribution in [3.8, 4) is 28.7 Å². The van der Waals surface area contributed by atoms with Crippen LogP contribution >= 0.6 is 0 Å². The summed E-state index contributed by atoms with van der Waals surface area (Å²) in [6.07, 6.45) is -0.439. The summed E-state index contributed by atoms with van der Waals surface area (Å²) in [5.41, 5.74) is 0.921. The molecule has 0 saturated heterocycles. The van der Waals surface area contributed by atoms with Crippen molar-refractivity contribution in [3.05, 3.63) is 53.1 Å². The first kappa shape index (κ1) is 19.7. The lowest BCUT2D eigenvalue weighted by Gasteiger charge is -2.45. The van der Waals surface area contributed by atoms with Crippen LogP contribution in [0.25, 0.3) is 0 Å². The van der Waals surface area contributed by atoms with E-state index in [2.05, 4.69) is 6.58 Å². The van der Waals surface area contributed by atoms with Gasteiger partial charge in [-0.2, -0.15) is 0 Å². The second-order valence-corrected chi connectivity index (χ2v) is 8.13. The molecule has 3 aliphatic rings. The molecule has 162 valence electrons. The predicted molar refractivity (Wildman–Crippen MR) is 111 cm³/mol. The molecule has 0 amide bonds. The van der Waals surface area contributed by atoms with Crippen molar-refractivity contribution >= 4 is 5.78 Å². The zero-order valence-electron chi connectivity index (χ0n) is 17.6. The van der Waals surface area contributed by atoms with Crippen LogP contribution in [0.1, 0.15) is 28.4 Å². The van der Waals surface area contributed by atoms with Crippen LogP contribution in [0.5, 0.6) is 28.7 Å². The van der Waals surface area contributed by atoms with E-state index in [0.717, 1.165) is 11.1 Å². The Hall–Kier alpha value is -3.22. The average Bonchev–Trinajstić information content (AvgIpc) is 3.23. The Balaban J connectivity index is 1.66. The smallest absolute Gasteiger partial charge is 0.183 e. The van der Waals surface area contributed by atoms with Crippen LogP contribution in [0.4, 0.5) is 4.39 Å². The van der Waals surface area contributed by atoms with E-state index in [9.17, 15) is 9.18 Å². The van der Waals surface area contributed by atoms with Crippen LogP contribution in [0.2, 0.25) is 0 Å². The number of halogens is 1. The van der Waals surface area contributed by atoms with Crippen molar-refractivity contribution < 1.29 is 32.9 Å². The SMILES string of the molecule is C=C(C)[C@H]1Cc2c(ccc3c2OC2COc4cc(OC)c(OC)cc4C2(CF)C3=O)O1. The fraction of sp³-hybridized carbons (Fsp3) is 0.375. The molecule has 0 bridgehead atoms. The number of carbonyl (C=O) groups excluding carboxylic acids is 1. The van der Waals surface area contributed by atoms with Gasteiger partial charge in [0.15, 0.2) is 23.4 Å². The van der Waals surface area contributed by atoms with Gasteiger partial charge in [0.1, 0.15) is 42.0 Å². The van der Waals surface area contributed by atoms with Gasteiger partial charge in [-0.05, 0) is 30.7 Å². The molecule has 0 saturated carbocycles. The summed E-state index contributed by atoms with van der Waals surface area (Å²) in [4.78, 5) is 13.8. The summed E-state index contributed by atoms with van der Waals surface area (Å²) in [6, 6.07) is 6.64. The highest BCUT2D eigenvalue weighted by Crippen LogP contribution is 2.52. The minimum atomic E-state index is -1.53. The number of methoxy groups -OCH3 is 2. The van der Waals surface area contributed by atoms with E-state index < -0.39 is 18.2 Å². The Kier molecular flexibility index (Phi) is 4.39. The molecule has 0 fully saturated rings. The molecule has 0 N–H and O–H groups in total. The van der Waals surface area contributed by atoms with Gasteiger partial charge in [-0.3, -0.25) is 4.79 Å². The van der Waals surface area contributed by atoms with Crippen molar-refractivity contribution in [2.45, 2.75) is 31.0 Å². The molecule has 3 aliphatic heterocycles. The quantitative estimate of drug-likeness (QED) is 0.693. The Bertz CT molecular complexity index is 1110. The summed E-state index contributed by atoms with van der Waals surface area (Å²) >= 11 is 0. The molecule has 0 aromatic heterocycles. The number of rotatable bonds is 4. The van der Waals surface area contributed by atoms with Gasteiger partial charge in [0.2, 0.25) is 0 Å². The molecule has 31 heavy (non-hydrogen) atoms. The van der Waals surface area contributed by atoms with Gasteiger partial charge in [0.05, 0.1) is 19.8 Å². The largest absolute Gasteiger partial charge is 0.493 e. The van der Waals surface area contributed by atoms with Gasteiger partial charge >= 0.3 is 0 Å². The Morgan fingerprint density at radius 3 is 2.61 bits per heavy atom. The standard InChI is InChI=1S/C24H23FO6/c1-12(2)17-7-14-16(30-17)6-5-13-22(14)31-21-10-29-18-9-20(28-4)19(27-3)8-15(18)24(21,11-25)23(13)26/h5-6,8-9,17,21H,1,7,10-11H2,2-4H3/t17-,21?,24?/m1/s1. The van der Waals surface area contributed by atoms with Gasteiger partial charge in [-0.15, -0.1) is 0 Å². The number of benzene rings is 2. The van der Waals surface area contributed by atoms with Crippen LogP contribution < -0.4 is 23.7 Å². The van der Waals surface area contributed by atoms with E-state index >= 15 is 0 Å². The zero-order chi connectivity index (χ0) is 21.9. The summed E-state index contributed by atoms with van der Waals surface area (Å²) in [7, 11) is 3.00. The number of ketones is 1. The fourth-order valence-electron chi connectivity index (χ4n) is 4.70. The first-order chi connectivity index (χ1) is 14.9. The Morgan fingerprint density at radius 2 is 1.94 bits per heavy atom. The highest BCUT2D eigenvalue weighted by atomic mass is 19.1. The van der Waals surface area contributed by atoms with Crippen molar-refractivity contribution in [2.75, 3.05) is 27.5 Å². The molecule has 7 heteroatoms. The highest BCUT2D eigenvalue weighted by Gasteiger charge is 2.58. The summed E-state index contributed by atoms with van der Waals surface area (Å²) in [5, 5.41) is 0. The molecular formula is C24H23FO6. The normalized spacial score (nSPS) is 25.1. The van der Waals surface area contributed by atoms with Gasteiger partial charge in [0, 0.05) is 23.6 Å². The van der Waals surface area contributed by atoms with Gasteiger partial charge < -0.3 is 23.7 Å². The topological polar surface area (TPSA) is 63.2 Å². The maximum Gasteiger partial charge on any atom is 0.183 e. The number of ether oxygens (including phenoxy) is 5. The number of hydrogen-bond acceptors (Lipinski definition) is 6. The van der Waals surface area contributed by atoms with Crippen molar-refractivity contribution in [1.82, 2.24) is 0 Å². The number of fused-ring (bicyclic) bond motifs is 6. The van der Waals surface area contributed by atoms with Crippen LogP contribution in [-0.2, 0) is 11.8 Å². The lowest BCUT2D eigenvalue weighted by molar-refractivity contribution is 0.0126. The van der Waals surface area contributed by atoms with Gasteiger partial charge in [0.25, 0.3) is 0 Å². The second-order valence-electron chi connectivity index (χ2n) is 8.13. The average molecular weight is 426 g/mol. The van der Waals surface area contributed by atoms with E-state index in [1.807, 2.05) is 6.92 Å². The summed E-state index contributed by atoms with van der Waals surface area (Å²) < 4.78 is 43.7. The molecule has 5 rings (SSSR count). The lowest BCUT2D eigenvalue weighted by atomic mass is 9.68. The lowest BCUT2D eigenvalue weighted by Crippen LogP contribution is -2.58. The number of carbonyl (C=O) groups is 1. The molecule has 2 aromatic rings. The van der Waals surface area contributed by atoms with E-state index in [1.54, 1.807) is 24.3 Å². The van der Waals surface area contributed by atoms with Crippen LogP contribution in [0.3, 0.4) is 0 Å². The molecular weight excluding hydrogens is 403 g/mol. The minimum absolute atomic E-state index is 0.0338. The van der Waals surface area contributed by atoms with Crippen molar-refractivity contribution in [3.63, 3.8) is 0 Å².